The Morgan fingerprint density at radius 1 is 1.25 bits per heavy atom. The summed E-state index contributed by atoms with van der Waals surface area (Å²) >= 11 is 2.12. The molecule has 0 radical (unpaired) electrons. The summed E-state index contributed by atoms with van der Waals surface area (Å²) in [6.45, 7) is 9.58. The third kappa shape index (κ3) is 4.97. The van der Waals surface area contributed by atoms with Crippen molar-refractivity contribution in [2.75, 3.05) is 20.3 Å². The number of aromatic hydroxyl groups is 1. The average Bonchev–Trinajstić information content (AvgIpc) is 3.38. The molecule has 0 unspecified atom stereocenters. The van der Waals surface area contributed by atoms with Gasteiger partial charge in [-0.1, -0.05) is 44.9 Å². The van der Waals surface area contributed by atoms with E-state index in [4.69, 9.17) is 9.47 Å². The van der Waals surface area contributed by atoms with Crippen LogP contribution in [0.25, 0.3) is 6.08 Å². The van der Waals surface area contributed by atoms with Gasteiger partial charge in [0.05, 0.1) is 35.2 Å². The lowest BCUT2D eigenvalue weighted by atomic mass is 9.67. The van der Waals surface area contributed by atoms with Crippen LogP contribution in [0.2, 0.25) is 0 Å². The molecule has 1 aliphatic carbocycles. The van der Waals surface area contributed by atoms with Gasteiger partial charge in [-0.05, 0) is 83.9 Å². The SMILES string of the molecule is CCCN1C(=O)[C@@H]2[C@@H](CC(C(C)C)=C3[C@@H](CC/C(=C/c4cc(I)c(O)c(OC)c4)CC)OC[C@@H]32)C1=O. The van der Waals surface area contributed by atoms with E-state index in [9.17, 15) is 14.7 Å². The van der Waals surface area contributed by atoms with Gasteiger partial charge in [0.15, 0.2) is 11.5 Å². The molecule has 1 N–H and O–H groups in total. The Bertz CT molecular complexity index is 1090. The average molecular weight is 608 g/mol. The van der Waals surface area contributed by atoms with E-state index in [1.807, 2.05) is 19.1 Å². The van der Waals surface area contributed by atoms with Crippen molar-refractivity contribution < 1.29 is 24.2 Å². The summed E-state index contributed by atoms with van der Waals surface area (Å²) in [4.78, 5) is 27.9. The van der Waals surface area contributed by atoms with E-state index in [2.05, 4.69) is 49.4 Å². The van der Waals surface area contributed by atoms with Gasteiger partial charge in [0.2, 0.25) is 11.8 Å². The van der Waals surface area contributed by atoms with E-state index in [0.29, 0.717) is 31.2 Å². The topological polar surface area (TPSA) is 76.1 Å². The van der Waals surface area contributed by atoms with Crippen molar-refractivity contribution in [3.8, 4) is 11.5 Å². The van der Waals surface area contributed by atoms with Crippen LogP contribution < -0.4 is 4.74 Å². The number of carbonyl (C=O) groups is 2. The number of imide groups is 1. The highest BCUT2D eigenvalue weighted by molar-refractivity contribution is 14.1. The van der Waals surface area contributed by atoms with Crippen LogP contribution in [0.15, 0.2) is 28.9 Å². The monoisotopic (exact) mass is 607 g/mol. The number of rotatable bonds is 9. The van der Waals surface area contributed by atoms with Gasteiger partial charge in [-0.2, -0.15) is 0 Å². The number of benzene rings is 1. The number of hydrogen-bond acceptors (Lipinski definition) is 5. The Labute approximate surface area is 228 Å². The maximum absolute atomic E-state index is 13.3. The Hall–Kier alpha value is -1.87. The molecule has 0 bridgehead atoms. The minimum absolute atomic E-state index is 0.00595. The summed E-state index contributed by atoms with van der Waals surface area (Å²) < 4.78 is 12.4. The number of halogens is 1. The Kier molecular flexibility index (Phi) is 8.49. The maximum Gasteiger partial charge on any atom is 0.233 e. The number of nitrogens with zero attached hydrogens (tertiary/aromatic N) is 1. The molecule has 4 rings (SSSR count). The first-order chi connectivity index (χ1) is 17.2. The van der Waals surface area contributed by atoms with E-state index >= 15 is 0 Å². The molecule has 2 heterocycles. The second kappa shape index (κ2) is 11.3. The lowest BCUT2D eigenvalue weighted by Crippen LogP contribution is -2.35. The first kappa shape index (κ1) is 27.2. The lowest BCUT2D eigenvalue weighted by molar-refractivity contribution is -0.140. The predicted octanol–water partition coefficient (Wildman–Crippen LogP) is 5.96. The van der Waals surface area contributed by atoms with Crippen molar-refractivity contribution in [3.63, 3.8) is 0 Å². The number of carbonyl (C=O) groups excluding carboxylic acids is 2. The van der Waals surface area contributed by atoms with Gasteiger partial charge >= 0.3 is 0 Å². The van der Waals surface area contributed by atoms with Gasteiger partial charge in [-0.25, -0.2) is 0 Å². The van der Waals surface area contributed by atoms with Crippen molar-refractivity contribution >= 4 is 40.5 Å². The van der Waals surface area contributed by atoms with Gasteiger partial charge < -0.3 is 14.6 Å². The summed E-state index contributed by atoms with van der Waals surface area (Å²) in [6.07, 6.45) is 6.28. The second-order valence-electron chi connectivity index (χ2n) is 10.5. The van der Waals surface area contributed by atoms with Crippen molar-refractivity contribution in [1.29, 1.82) is 0 Å². The fourth-order valence-electron chi connectivity index (χ4n) is 6.20. The molecule has 0 saturated carbocycles. The zero-order valence-corrected chi connectivity index (χ0v) is 24.1. The Morgan fingerprint density at radius 3 is 2.64 bits per heavy atom. The third-order valence-electron chi connectivity index (χ3n) is 8.00. The zero-order valence-electron chi connectivity index (χ0n) is 22.0. The largest absolute Gasteiger partial charge is 0.504 e. The molecular formula is C29H38INO5. The van der Waals surface area contributed by atoms with Crippen LogP contribution in [-0.4, -0.2) is 48.2 Å². The molecule has 2 fully saturated rings. The number of amides is 2. The molecule has 1 aromatic rings. The smallest absolute Gasteiger partial charge is 0.233 e. The molecule has 0 aromatic heterocycles. The van der Waals surface area contributed by atoms with Crippen LogP contribution in [0.3, 0.4) is 0 Å². The summed E-state index contributed by atoms with van der Waals surface area (Å²) in [5, 5.41) is 10.2. The number of methoxy groups -OCH3 is 1. The number of likely N-dealkylation sites (tertiary alicyclic amines) is 1. The molecule has 2 amide bonds. The minimum atomic E-state index is -0.265. The lowest BCUT2D eigenvalue weighted by Gasteiger charge is -2.33. The van der Waals surface area contributed by atoms with Gasteiger partial charge in [-0.15, -0.1) is 0 Å². The predicted molar refractivity (Wildman–Crippen MR) is 149 cm³/mol. The van der Waals surface area contributed by atoms with E-state index in [1.54, 1.807) is 7.11 Å². The highest BCUT2D eigenvalue weighted by Crippen LogP contribution is 2.51. The third-order valence-corrected chi connectivity index (χ3v) is 8.83. The highest BCUT2D eigenvalue weighted by atomic mass is 127. The first-order valence-electron chi connectivity index (χ1n) is 13.2. The number of hydrogen-bond donors (Lipinski definition) is 1. The van der Waals surface area contributed by atoms with Crippen LogP contribution in [0.1, 0.15) is 65.4 Å². The Morgan fingerprint density at radius 2 is 2.00 bits per heavy atom. The normalized spacial score (nSPS) is 26.2. The standard InChI is InChI=1S/C29H38INO5/c1-6-10-31-28(33)20-14-19(16(3)4)25-21(26(20)29(31)34)15-36-23(25)9-8-17(7-2)11-18-12-22(30)27(32)24(13-18)35-5/h11-13,16,20-21,23,26,32H,6-10,14-15H2,1-5H3/b17-11+/t20-,21+,23-,26-/m1/s1. The van der Waals surface area contributed by atoms with Crippen LogP contribution in [-0.2, 0) is 14.3 Å². The molecule has 7 heteroatoms. The molecule has 1 aromatic carbocycles. The van der Waals surface area contributed by atoms with Crippen molar-refractivity contribution in [2.45, 2.75) is 65.9 Å². The number of allylic oxidation sites excluding steroid dienone is 2. The second-order valence-corrected chi connectivity index (χ2v) is 11.6. The number of phenols is 1. The van der Waals surface area contributed by atoms with E-state index < -0.39 is 0 Å². The molecule has 6 nitrogen and oxygen atoms in total. The summed E-state index contributed by atoms with van der Waals surface area (Å²) in [5.41, 5.74) is 4.92. The Balaban J connectivity index is 1.56. The summed E-state index contributed by atoms with van der Waals surface area (Å²) in [5.74, 6) is 0.510. The van der Waals surface area contributed by atoms with Crippen LogP contribution in [0, 0.1) is 27.2 Å². The number of fused-ring (bicyclic) bond motifs is 3. The molecule has 4 atom stereocenters. The van der Waals surface area contributed by atoms with E-state index in [-0.39, 0.29) is 41.4 Å². The molecule has 2 aliphatic heterocycles. The summed E-state index contributed by atoms with van der Waals surface area (Å²) in [6, 6.07) is 3.82. The molecular weight excluding hydrogens is 569 g/mol. The van der Waals surface area contributed by atoms with Crippen LogP contribution in [0.4, 0.5) is 0 Å². The van der Waals surface area contributed by atoms with Crippen molar-refractivity contribution in [1.82, 2.24) is 4.90 Å². The number of phenolic OH excluding ortho intramolecular Hbond substituents is 1. The highest BCUT2D eigenvalue weighted by Gasteiger charge is 2.56. The van der Waals surface area contributed by atoms with Crippen LogP contribution in [0.5, 0.6) is 11.5 Å². The fourth-order valence-corrected chi connectivity index (χ4v) is 6.83. The molecule has 36 heavy (non-hydrogen) atoms. The van der Waals surface area contributed by atoms with E-state index in [1.165, 1.54) is 21.6 Å². The van der Waals surface area contributed by atoms with Crippen LogP contribution >= 0.6 is 22.6 Å². The molecule has 196 valence electrons. The van der Waals surface area contributed by atoms with Crippen molar-refractivity contribution in [3.05, 3.63) is 38.0 Å². The quantitative estimate of drug-likeness (QED) is 0.213. The first-order valence-corrected chi connectivity index (χ1v) is 14.2. The van der Waals surface area contributed by atoms with Crippen molar-refractivity contribution in [2.24, 2.45) is 23.7 Å². The van der Waals surface area contributed by atoms with Gasteiger partial charge in [0, 0.05) is 12.5 Å². The molecule has 2 saturated heterocycles. The zero-order chi connectivity index (χ0) is 26.1. The maximum atomic E-state index is 13.3. The van der Waals surface area contributed by atoms with E-state index in [0.717, 1.165) is 34.8 Å². The van der Waals surface area contributed by atoms with Gasteiger partial charge in [0.1, 0.15) is 0 Å². The number of ether oxygens (including phenoxy) is 2. The molecule has 0 spiro atoms. The van der Waals surface area contributed by atoms with Gasteiger partial charge in [-0.3, -0.25) is 14.5 Å². The minimum Gasteiger partial charge on any atom is -0.504 e. The summed E-state index contributed by atoms with van der Waals surface area (Å²) in [7, 11) is 1.56. The fraction of sp³-hybridized carbons (Fsp3) is 0.586. The van der Waals surface area contributed by atoms with Gasteiger partial charge in [0.25, 0.3) is 0 Å². The molecule has 3 aliphatic rings.